The molecule has 0 aliphatic rings. The number of aromatic amines is 1. The molecule has 0 bridgehead atoms. The fraction of sp³-hybridized carbons (Fsp3) is 0. The SMILES string of the molecule is O=C(Nc1cc(F)ccc1O)c1cc[nH]c1. The maximum absolute atomic E-state index is 12.9. The second kappa shape index (κ2) is 4.06. The Kier molecular flexibility index (Phi) is 2.59. The number of anilines is 1. The lowest BCUT2D eigenvalue weighted by molar-refractivity contribution is 0.102. The smallest absolute Gasteiger partial charge is 0.257 e. The van der Waals surface area contributed by atoms with Crippen LogP contribution >= 0.6 is 0 Å². The quantitative estimate of drug-likeness (QED) is 0.678. The third kappa shape index (κ3) is 2.03. The lowest BCUT2D eigenvalue weighted by Gasteiger charge is -2.05. The van der Waals surface area contributed by atoms with E-state index >= 15 is 0 Å². The van der Waals surface area contributed by atoms with Crippen LogP contribution in [-0.2, 0) is 0 Å². The van der Waals surface area contributed by atoms with Gasteiger partial charge in [-0.1, -0.05) is 0 Å². The van der Waals surface area contributed by atoms with Crippen molar-refractivity contribution in [1.29, 1.82) is 0 Å². The molecule has 5 heteroatoms. The first-order chi connectivity index (χ1) is 7.66. The summed E-state index contributed by atoms with van der Waals surface area (Å²) in [6.07, 6.45) is 3.10. The monoisotopic (exact) mass is 220 g/mol. The molecule has 0 saturated heterocycles. The average molecular weight is 220 g/mol. The number of rotatable bonds is 2. The van der Waals surface area contributed by atoms with E-state index in [1.807, 2.05) is 0 Å². The van der Waals surface area contributed by atoms with Crippen LogP contribution in [0.25, 0.3) is 0 Å². The molecule has 1 heterocycles. The summed E-state index contributed by atoms with van der Waals surface area (Å²) in [7, 11) is 0. The number of H-pyrrole nitrogens is 1. The minimum atomic E-state index is -0.526. The Bertz CT molecular complexity index is 509. The zero-order valence-electron chi connectivity index (χ0n) is 8.20. The maximum atomic E-state index is 12.9. The van der Waals surface area contributed by atoms with Crippen molar-refractivity contribution in [1.82, 2.24) is 4.98 Å². The van der Waals surface area contributed by atoms with E-state index in [2.05, 4.69) is 10.3 Å². The highest BCUT2D eigenvalue weighted by Crippen LogP contribution is 2.23. The number of halogens is 1. The Labute approximate surface area is 90.7 Å². The summed E-state index contributed by atoms with van der Waals surface area (Å²) in [4.78, 5) is 14.3. The number of hydrogen-bond donors (Lipinski definition) is 3. The first-order valence-electron chi connectivity index (χ1n) is 4.59. The molecule has 2 aromatic rings. The zero-order chi connectivity index (χ0) is 11.5. The normalized spacial score (nSPS) is 10.1. The maximum Gasteiger partial charge on any atom is 0.257 e. The van der Waals surface area contributed by atoms with Crippen molar-refractivity contribution < 1.29 is 14.3 Å². The first-order valence-corrected chi connectivity index (χ1v) is 4.59. The minimum Gasteiger partial charge on any atom is -0.506 e. The van der Waals surface area contributed by atoms with Crippen molar-refractivity contribution >= 4 is 11.6 Å². The van der Waals surface area contributed by atoms with Crippen LogP contribution < -0.4 is 5.32 Å². The van der Waals surface area contributed by atoms with Crippen LogP contribution in [0.4, 0.5) is 10.1 Å². The molecule has 0 radical (unpaired) electrons. The van der Waals surface area contributed by atoms with Crippen LogP contribution in [0.2, 0.25) is 0 Å². The first kappa shape index (κ1) is 10.2. The van der Waals surface area contributed by atoms with Gasteiger partial charge < -0.3 is 15.4 Å². The standard InChI is InChI=1S/C11H9FN2O2/c12-8-1-2-10(15)9(5-8)14-11(16)7-3-4-13-6-7/h1-6,13,15H,(H,14,16). The van der Waals surface area contributed by atoms with Gasteiger partial charge >= 0.3 is 0 Å². The Balaban J connectivity index is 2.21. The van der Waals surface area contributed by atoms with Crippen molar-refractivity contribution in [2.75, 3.05) is 5.32 Å². The number of nitrogens with one attached hydrogen (secondary N) is 2. The molecule has 1 amide bonds. The van der Waals surface area contributed by atoms with Gasteiger partial charge in [0.15, 0.2) is 0 Å². The van der Waals surface area contributed by atoms with Crippen LogP contribution in [0.1, 0.15) is 10.4 Å². The van der Waals surface area contributed by atoms with Crippen LogP contribution in [-0.4, -0.2) is 16.0 Å². The number of phenols is 1. The van der Waals surface area contributed by atoms with Crippen LogP contribution in [0.15, 0.2) is 36.7 Å². The molecule has 82 valence electrons. The Hall–Kier alpha value is -2.30. The molecule has 0 aliphatic heterocycles. The van der Waals surface area contributed by atoms with Crippen molar-refractivity contribution in [2.24, 2.45) is 0 Å². The molecule has 0 fully saturated rings. The fourth-order valence-corrected chi connectivity index (χ4v) is 1.27. The van der Waals surface area contributed by atoms with Crippen molar-refractivity contribution in [3.63, 3.8) is 0 Å². The highest BCUT2D eigenvalue weighted by molar-refractivity contribution is 6.04. The number of carbonyl (C=O) groups excluding carboxylic acids is 1. The molecule has 16 heavy (non-hydrogen) atoms. The number of aromatic hydroxyl groups is 1. The number of carbonyl (C=O) groups is 1. The predicted molar refractivity (Wildman–Crippen MR) is 56.8 cm³/mol. The van der Waals surface area contributed by atoms with Gasteiger partial charge in [0.05, 0.1) is 11.3 Å². The lowest BCUT2D eigenvalue weighted by atomic mass is 10.2. The molecule has 1 aromatic carbocycles. The van der Waals surface area contributed by atoms with Gasteiger partial charge in [0.25, 0.3) is 5.91 Å². The van der Waals surface area contributed by atoms with Gasteiger partial charge in [0.2, 0.25) is 0 Å². The van der Waals surface area contributed by atoms with Gasteiger partial charge in [0.1, 0.15) is 11.6 Å². The summed E-state index contributed by atoms with van der Waals surface area (Å²) >= 11 is 0. The van der Waals surface area contributed by atoms with Gasteiger partial charge in [-0.25, -0.2) is 4.39 Å². The minimum absolute atomic E-state index is 0.0474. The second-order valence-electron chi connectivity index (χ2n) is 3.22. The van der Waals surface area contributed by atoms with Crippen molar-refractivity contribution in [2.45, 2.75) is 0 Å². The summed E-state index contributed by atoms with van der Waals surface area (Å²) in [5.74, 6) is -1.12. The summed E-state index contributed by atoms with van der Waals surface area (Å²) in [6, 6.07) is 4.93. The summed E-state index contributed by atoms with van der Waals surface area (Å²) < 4.78 is 12.9. The van der Waals surface area contributed by atoms with E-state index in [0.29, 0.717) is 5.56 Å². The van der Waals surface area contributed by atoms with Gasteiger partial charge in [-0.15, -0.1) is 0 Å². The molecular weight excluding hydrogens is 211 g/mol. The number of amides is 1. The average Bonchev–Trinajstić information content (AvgIpc) is 2.76. The Morgan fingerprint density at radius 3 is 2.88 bits per heavy atom. The molecule has 0 atom stereocenters. The summed E-state index contributed by atoms with van der Waals surface area (Å²) in [5.41, 5.74) is 0.454. The van der Waals surface area contributed by atoms with E-state index < -0.39 is 11.7 Å². The number of benzene rings is 1. The molecule has 3 N–H and O–H groups in total. The molecular formula is C11H9FN2O2. The molecule has 2 rings (SSSR count). The molecule has 1 aromatic heterocycles. The third-order valence-corrected chi connectivity index (χ3v) is 2.07. The van der Waals surface area contributed by atoms with Gasteiger partial charge in [-0.2, -0.15) is 0 Å². The van der Waals surface area contributed by atoms with Crippen molar-refractivity contribution in [3.8, 4) is 5.75 Å². The number of hydrogen-bond acceptors (Lipinski definition) is 2. The zero-order valence-corrected chi connectivity index (χ0v) is 8.20. The predicted octanol–water partition coefficient (Wildman–Crippen LogP) is 2.11. The van der Waals surface area contributed by atoms with Gasteiger partial charge in [-0.3, -0.25) is 4.79 Å². The van der Waals surface area contributed by atoms with E-state index in [4.69, 9.17) is 0 Å². The van der Waals surface area contributed by atoms with Crippen LogP contribution in [0.5, 0.6) is 5.75 Å². The third-order valence-electron chi connectivity index (χ3n) is 2.07. The Morgan fingerprint density at radius 2 is 2.19 bits per heavy atom. The highest BCUT2D eigenvalue weighted by Gasteiger charge is 2.09. The number of aromatic nitrogens is 1. The number of phenolic OH excluding ortho intramolecular Hbond substituents is 1. The highest BCUT2D eigenvalue weighted by atomic mass is 19.1. The van der Waals surface area contributed by atoms with Crippen LogP contribution in [0, 0.1) is 5.82 Å². The summed E-state index contributed by atoms with van der Waals surface area (Å²) in [5, 5.41) is 11.8. The van der Waals surface area contributed by atoms with Crippen molar-refractivity contribution in [3.05, 3.63) is 48.0 Å². The molecule has 0 spiro atoms. The van der Waals surface area contributed by atoms with E-state index in [9.17, 15) is 14.3 Å². The fourth-order valence-electron chi connectivity index (χ4n) is 1.27. The van der Waals surface area contributed by atoms with Gasteiger partial charge in [0, 0.05) is 18.5 Å². The lowest BCUT2D eigenvalue weighted by Crippen LogP contribution is -2.11. The molecule has 0 aliphatic carbocycles. The van der Waals surface area contributed by atoms with E-state index in [1.165, 1.54) is 12.3 Å². The molecule has 0 saturated carbocycles. The molecule has 0 unspecified atom stereocenters. The summed E-state index contributed by atoms with van der Waals surface area (Å²) in [6.45, 7) is 0. The molecule has 4 nitrogen and oxygen atoms in total. The second-order valence-corrected chi connectivity index (χ2v) is 3.22. The van der Waals surface area contributed by atoms with E-state index in [1.54, 1.807) is 12.3 Å². The largest absolute Gasteiger partial charge is 0.506 e. The van der Waals surface area contributed by atoms with E-state index in [-0.39, 0.29) is 11.4 Å². The Morgan fingerprint density at radius 1 is 1.38 bits per heavy atom. The van der Waals surface area contributed by atoms with E-state index in [0.717, 1.165) is 12.1 Å². The topological polar surface area (TPSA) is 65.1 Å². The van der Waals surface area contributed by atoms with Crippen LogP contribution in [0.3, 0.4) is 0 Å². The van der Waals surface area contributed by atoms with Gasteiger partial charge in [-0.05, 0) is 18.2 Å².